The summed E-state index contributed by atoms with van der Waals surface area (Å²) in [5.74, 6) is 2.07. The summed E-state index contributed by atoms with van der Waals surface area (Å²) in [6, 6.07) is 6.37. The zero-order valence-corrected chi connectivity index (χ0v) is 14.3. The maximum Gasteiger partial charge on any atom is 0.123 e. The van der Waals surface area contributed by atoms with Crippen LogP contribution in [0.25, 0.3) is 0 Å². The standard InChI is InChI=1S/C18H27NO2.ClH/c1-2-3-4-5-12-20-15-6-7-17-16(13-15)18(14-21-17)8-10-19-11-9-18;/h6-7,13,19H,2-5,8-12,14H2,1H3;1H. The molecule has 0 aliphatic carbocycles. The summed E-state index contributed by atoms with van der Waals surface area (Å²) in [6.45, 7) is 6.08. The van der Waals surface area contributed by atoms with Crippen molar-refractivity contribution < 1.29 is 9.47 Å². The van der Waals surface area contributed by atoms with E-state index in [9.17, 15) is 0 Å². The van der Waals surface area contributed by atoms with Crippen LogP contribution in [0.3, 0.4) is 0 Å². The van der Waals surface area contributed by atoms with Crippen LogP contribution in [0.1, 0.15) is 51.0 Å². The Bertz CT molecular complexity index is 467. The molecule has 3 rings (SSSR count). The molecule has 1 saturated heterocycles. The monoisotopic (exact) mass is 325 g/mol. The first-order valence-electron chi connectivity index (χ1n) is 8.45. The Labute approximate surface area is 140 Å². The quantitative estimate of drug-likeness (QED) is 0.799. The van der Waals surface area contributed by atoms with Gasteiger partial charge in [-0.05, 0) is 50.6 Å². The molecular weight excluding hydrogens is 298 g/mol. The number of hydrogen-bond acceptors (Lipinski definition) is 3. The molecule has 2 aliphatic heterocycles. The van der Waals surface area contributed by atoms with Crippen LogP contribution in [0.4, 0.5) is 0 Å². The second kappa shape index (κ2) is 8.07. The lowest BCUT2D eigenvalue weighted by Gasteiger charge is -2.32. The largest absolute Gasteiger partial charge is 0.494 e. The van der Waals surface area contributed by atoms with Gasteiger partial charge in [-0.2, -0.15) is 0 Å². The third-order valence-corrected chi connectivity index (χ3v) is 4.85. The van der Waals surface area contributed by atoms with E-state index < -0.39 is 0 Å². The van der Waals surface area contributed by atoms with Crippen LogP contribution in [0.2, 0.25) is 0 Å². The molecule has 4 heteroatoms. The molecule has 2 heterocycles. The molecule has 22 heavy (non-hydrogen) atoms. The minimum atomic E-state index is 0. The van der Waals surface area contributed by atoms with Crippen LogP contribution in [0, 0.1) is 0 Å². The van der Waals surface area contributed by atoms with E-state index in [1.807, 2.05) is 0 Å². The van der Waals surface area contributed by atoms with E-state index in [1.54, 1.807) is 0 Å². The number of piperidine rings is 1. The highest BCUT2D eigenvalue weighted by molar-refractivity contribution is 5.85. The van der Waals surface area contributed by atoms with Gasteiger partial charge in [-0.25, -0.2) is 0 Å². The van der Waals surface area contributed by atoms with Crippen LogP contribution in [-0.2, 0) is 5.41 Å². The summed E-state index contributed by atoms with van der Waals surface area (Å²) in [6.07, 6.45) is 7.32. The molecule has 1 aromatic carbocycles. The van der Waals surface area contributed by atoms with Crippen molar-refractivity contribution in [3.8, 4) is 11.5 Å². The normalized spacial score (nSPS) is 18.4. The molecule has 3 nitrogen and oxygen atoms in total. The SMILES string of the molecule is CCCCCCOc1ccc2c(c1)C1(CCNCC1)CO2.Cl. The Hall–Kier alpha value is -0.930. The number of hydrogen-bond donors (Lipinski definition) is 1. The van der Waals surface area contributed by atoms with Crippen molar-refractivity contribution in [2.75, 3.05) is 26.3 Å². The molecule has 0 amide bonds. The molecule has 0 saturated carbocycles. The average molecular weight is 326 g/mol. The van der Waals surface area contributed by atoms with Gasteiger partial charge in [0, 0.05) is 11.0 Å². The lowest BCUT2D eigenvalue weighted by Crippen LogP contribution is -2.40. The second-order valence-corrected chi connectivity index (χ2v) is 6.39. The number of nitrogens with one attached hydrogen (secondary N) is 1. The van der Waals surface area contributed by atoms with Crippen molar-refractivity contribution in [2.24, 2.45) is 0 Å². The highest BCUT2D eigenvalue weighted by Crippen LogP contribution is 2.45. The highest BCUT2D eigenvalue weighted by atomic mass is 35.5. The van der Waals surface area contributed by atoms with Gasteiger partial charge in [0.2, 0.25) is 0 Å². The lowest BCUT2D eigenvalue weighted by molar-refractivity contribution is 0.220. The molecule has 124 valence electrons. The number of ether oxygens (including phenoxy) is 2. The fraction of sp³-hybridized carbons (Fsp3) is 0.667. The van der Waals surface area contributed by atoms with E-state index in [4.69, 9.17) is 9.47 Å². The minimum absolute atomic E-state index is 0. The van der Waals surface area contributed by atoms with E-state index in [0.29, 0.717) is 0 Å². The summed E-state index contributed by atoms with van der Waals surface area (Å²) in [4.78, 5) is 0. The lowest BCUT2D eigenvalue weighted by atomic mass is 9.75. The zero-order valence-electron chi connectivity index (χ0n) is 13.5. The summed E-state index contributed by atoms with van der Waals surface area (Å²) < 4.78 is 11.9. The van der Waals surface area contributed by atoms with Crippen molar-refractivity contribution in [3.05, 3.63) is 23.8 Å². The van der Waals surface area contributed by atoms with Crippen LogP contribution in [0.5, 0.6) is 11.5 Å². The van der Waals surface area contributed by atoms with Crippen molar-refractivity contribution >= 4 is 12.4 Å². The molecule has 1 aromatic rings. The predicted octanol–water partition coefficient (Wildman–Crippen LogP) is 4.08. The number of benzene rings is 1. The van der Waals surface area contributed by atoms with Gasteiger partial charge >= 0.3 is 0 Å². The third-order valence-electron chi connectivity index (χ3n) is 4.85. The summed E-state index contributed by atoms with van der Waals surface area (Å²) in [7, 11) is 0. The van der Waals surface area contributed by atoms with E-state index in [2.05, 4.69) is 30.4 Å². The molecule has 2 aliphatic rings. The van der Waals surface area contributed by atoms with Crippen LogP contribution < -0.4 is 14.8 Å². The van der Waals surface area contributed by atoms with Gasteiger partial charge in [-0.15, -0.1) is 12.4 Å². The Morgan fingerprint density at radius 1 is 1.18 bits per heavy atom. The highest BCUT2D eigenvalue weighted by Gasteiger charge is 2.41. The van der Waals surface area contributed by atoms with Gasteiger partial charge in [0.1, 0.15) is 11.5 Å². The third kappa shape index (κ3) is 3.69. The molecule has 0 radical (unpaired) electrons. The summed E-state index contributed by atoms with van der Waals surface area (Å²) >= 11 is 0. The Balaban J connectivity index is 0.00000176. The molecule has 0 aromatic heterocycles. The number of fused-ring (bicyclic) bond motifs is 2. The Morgan fingerprint density at radius 2 is 2.00 bits per heavy atom. The first-order valence-corrected chi connectivity index (χ1v) is 8.45. The fourth-order valence-corrected chi connectivity index (χ4v) is 3.47. The van der Waals surface area contributed by atoms with Crippen molar-refractivity contribution in [1.29, 1.82) is 0 Å². The maximum atomic E-state index is 5.94. The molecule has 1 spiro atoms. The van der Waals surface area contributed by atoms with Gasteiger partial charge < -0.3 is 14.8 Å². The summed E-state index contributed by atoms with van der Waals surface area (Å²) in [5, 5.41) is 3.45. The van der Waals surface area contributed by atoms with E-state index in [1.165, 1.54) is 37.7 Å². The van der Waals surface area contributed by atoms with Crippen molar-refractivity contribution in [1.82, 2.24) is 5.32 Å². The Kier molecular flexibility index (Phi) is 6.39. The first-order chi connectivity index (χ1) is 10.3. The van der Waals surface area contributed by atoms with Gasteiger partial charge in [0.15, 0.2) is 0 Å². The number of unbranched alkanes of at least 4 members (excludes halogenated alkanes) is 3. The van der Waals surface area contributed by atoms with Crippen molar-refractivity contribution in [2.45, 2.75) is 50.9 Å². The fourth-order valence-electron chi connectivity index (χ4n) is 3.47. The molecule has 1 fully saturated rings. The van der Waals surface area contributed by atoms with Crippen molar-refractivity contribution in [3.63, 3.8) is 0 Å². The Morgan fingerprint density at radius 3 is 2.77 bits per heavy atom. The van der Waals surface area contributed by atoms with Gasteiger partial charge in [-0.3, -0.25) is 0 Å². The van der Waals surface area contributed by atoms with E-state index in [0.717, 1.165) is 44.2 Å². The smallest absolute Gasteiger partial charge is 0.123 e. The second-order valence-electron chi connectivity index (χ2n) is 6.39. The maximum absolute atomic E-state index is 5.94. The summed E-state index contributed by atoms with van der Waals surface area (Å²) in [5.41, 5.74) is 1.59. The average Bonchev–Trinajstić information content (AvgIpc) is 2.86. The van der Waals surface area contributed by atoms with Gasteiger partial charge in [0.25, 0.3) is 0 Å². The van der Waals surface area contributed by atoms with Gasteiger partial charge in [-0.1, -0.05) is 26.2 Å². The molecule has 0 unspecified atom stereocenters. The first kappa shape index (κ1) is 17.4. The molecular formula is C18H28ClNO2. The topological polar surface area (TPSA) is 30.5 Å². The van der Waals surface area contributed by atoms with Crippen LogP contribution in [-0.4, -0.2) is 26.3 Å². The molecule has 0 atom stereocenters. The molecule has 1 N–H and O–H groups in total. The zero-order chi connectivity index (χ0) is 14.5. The van der Waals surface area contributed by atoms with Crippen LogP contribution in [0.15, 0.2) is 18.2 Å². The predicted molar refractivity (Wildman–Crippen MR) is 92.6 cm³/mol. The van der Waals surface area contributed by atoms with E-state index >= 15 is 0 Å². The van der Waals surface area contributed by atoms with Gasteiger partial charge in [0.05, 0.1) is 13.2 Å². The minimum Gasteiger partial charge on any atom is -0.494 e. The number of rotatable bonds is 6. The van der Waals surface area contributed by atoms with Crippen LogP contribution >= 0.6 is 12.4 Å². The molecule has 0 bridgehead atoms. The number of halogens is 1. The van der Waals surface area contributed by atoms with E-state index in [-0.39, 0.29) is 17.8 Å².